The maximum Gasteiger partial charge on any atom is 0.407 e. The van der Waals surface area contributed by atoms with Gasteiger partial charge in [-0.3, -0.25) is 0 Å². The Balaban J connectivity index is 2.23. The third-order valence-corrected chi connectivity index (χ3v) is 2.67. The second-order valence-electron chi connectivity index (χ2n) is 5.42. The van der Waals surface area contributed by atoms with Gasteiger partial charge in [0.1, 0.15) is 5.60 Å². The van der Waals surface area contributed by atoms with E-state index in [2.05, 4.69) is 10.6 Å². The van der Waals surface area contributed by atoms with E-state index in [1.54, 1.807) is 7.11 Å². The Hall–Kier alpha value is -0.810. The molecule has 17 heavy (non-hydrogen) atoms. The Labute approximate surface area is 103 Å². The van der Waals surface area contributed by atoms with Crippen LogP contribution < -0.4 is 10.6 Å². The summed E-state index contributed by atoms with van der Waals surface area (Å²) in [6.45, 7) is 7.07. The molecule has 5 nitrogen and oxygen atoms in total. The summed E-state index contributed by atoms with van der Waals surface area (Å²) in [5, 5.41) is 6.13. The molecule has 2 N–H and O–H groups in total. The summed E-state index contributed by atoms with van der Waals surface area (Å²) < 4.78 is 10.5. The Morgan fingerprint density at radius 1 is 1.47 bits per heavy atom. The molecule has 1 aliphatic rings. The van der Waals surface area contributed by atoms with Crippen molar-refractivity contribution in [3.63, 3.8) is 0 Å². The van der Waals surface area contributed by atoms with E-state index in [9.17, 15) is 4.79 Å². The highest BCUT2D eigenvalue weighted by Crippen LogP contribution is 2.11. The Bertz CT molecular complexity index is 251. The monoisotopic (exact) mass is 244 g/mol. The van der Waals surface area contributed by atoms with Crippen molar-refractivity contribution < 1.29 is 14.3 Å². The smallest absolute Gasteiger partial charge is 0.407 e. The number of ether oxygens (including phenoxy) is 2. The van der Waals surface area contributed by atoms with Gasteiger partial charge in [0.05, 0.1) is 6.10 Å². The van der Waals surface area contributed by atoms with Gasteiger partial charge in [0.25, 0.3) is 0 Å². The van der Waals surface area contributed by atoms with Crippen molar-refractivity contribution in [3.05, 3.63) is 0 Å². The van der Waals surface area contributed by atoms with Crippen molar-refractivity contribution in [3.8, 4) is 0 Å². The van der Waals surface area contributed by atoms with E-state index in [0.717, 1.165) is 19.4 Å². The van der Waals surface area contributed by atoms with Gasteiger partial charge in [-0.25, -0.2) is 4.79 Å². The van der Waals surface area contributed by atoms with Gasteiger partial charge in [-0.15, -0.1) is 0 Å². The SMILES string of the molecule is CO[C@H]1CCN[C@H](CNC(=O)OC(C)(C)C)C1. The summed E-state index contributed by atoms with van der Waals surface area (Å²) in [6, 6.07) is 0.265. The first-order valence-corrected chi connectivity index (χ1v) is 6.14. The van der Waals surface area contributed by atoms with Gasteiger partial charge in [0.2, 0.25) is 0 Å². The lowest BCUT2D eigenvalue weighted by atomic mass is 10.0. The third kappa shape index (κ3) is 5.89. The quantitative estimate of drug-likeness (QED) is 0.785. The Kier molecular flexibility index (Phi) is 5.21. The second-order valence-corrected chi connectivity index (χ2v) is 5.42. The zero-order chi connectivity index (χ0) is 12.9. The predicted molar refractivity (Wildman–Crippen MR) is 66.1 cm³/mol. The zero-order valence-corrected chi connectivity index (χ0v) is 11.2. The normalized spacial score (nSPS) is 25.4. The lowest BCUT2D eigenvalue weighted by Gasteiger charge is -2.29. The van der Waals surface area contributed by atoms with E-state index in [4.69, 9.17) is 9.47 Å². The van der Waals surface area contributed by atoms with Gasteiger partial charge in [-0.1, -0.05) is 0 Å². The molecule has 1 aliphatic heterocycles. The molecular formula is C12H24N2O3. The van der Waals surface area contributed by atoms with Crippen LogP contribution in [0.4, 0.5) is 4.79 Å². The topological polar surface area (TPSA) is 59.6 Å². The molecule has 1 amide bonds. The number of methoxy groups -OCH3 is 1. The average molecular weight is 244 g/mol. The van der Waals surface area contributed by atoms with Crippen LogP contribution in [0.25, 0.3) is 0 Å². The summed E-state index contributed by atoms with van der Waals surface area (Å²) in [6.07, 6.45) is 1.88. The van der Waals surface area contributed by atoms with Crippen LogP contribution in [0.2, 0.25) is 0 Å². The minimum absolute atomic E-state index is 0.265. The summed E-state index contributed by atoms with van der Waals surface area (Å²) in [5.41, 5.74) is -0.445. The fourth-order valence-corrected chi connectivity index (χ4v) is 1.86. The predicted octanol–water partition coefficient (Wildman–Crippen LogP) is 1.28. The van der Waals surface area contributed by atoms with E-state index >= 15 is 0 Å². The lowest BCUT2D eigenvalue weighted by molar-refractivity contribution is 0.0469. The molecule has 2 atom stereocenters. The van der Waals surface area contributed by atoms with Crippen molar-refractivity contribution in [1.29, 1.82) is 0 Å². The molecule has 0 aromatic rings. The molecule has 1 fully saturated rings. The van der Waals surface area contributed by atoms with Gasteiger partial charge in [0, 0.05) is 19.7 Å². The van der Waals surface area contributed by atoms with E-state index in [1.165, 1.54) is 0 Å². The molecule has 0 saturated carbocycles. The maximum atomic E-state index is 11.5. The lowest BCUT2D eigenvalue weighted by Crippen LogP contribution is -2.48. The Morgan fingerprint density at radius 2 is 2.18 bits per heavy atom. The molecule has 0 unspecified atom stereocenters. The largest absolute Gasteiger partial charge is 0.444 e. The van der Waals surface area contributed by atoms with Crippen molar-refractivity contribution in [2.75, 3.05) is 20.2 Å². The minimum atomic E-state index is -0.445. The molecule has 0 aromatic carbocycles. The van der Waals surface area contributed by atoms with E-state index < -0.39 is 5.60 Å². The van der Waals surface area contributed by atoms with Crippen LogP contribution in [0.1, 0.15) is 33.6 Å². The number of carbonyl (C=O) groups excluding carboxylic acids is 1. The molecule has 0 radical (unpaired) electrons. The Morgan fingerprint density at radius 3 is 2.76 bits per heavy atom. The zero-order valence-electron chi connectivity index (χ0n) is 11.2. The number of carbonyl (C=O) groups is 1. The molecule has 5 heteroatoms. The summed E-state index contributed by atoms with van der Waals surface area (Å²) >= 11 is 0. The molecule has 1 rings (SSSR count). The molecule has 100 valence electrons. The molecule has 0 bridgehead atoms. The van der Waals surface area contributed by atoms with E-state index in [1.807, 2.05) is 20.8 Å². The molecule has 1 saturated heterocycles. The number of alkyl carbamates (subject to hydrolysis) is 1. The van der Waals surface area contributed by atoms with Crippen molar-refractivity contribution >= 4 is 6.09 Å². The van der Waals surface area contributed by atoms with Gasteiger partial charge in [0.15, 0.2) is 0 Å². The van der Waals surface area contributed by atoms with Crippen LogP contribution in [0.15, 0.2) is 0 Å². The first-order chi connectivity index (χ1) is 7.90. The van der Waals surface area contributed by atoms with Crippen LogP contribution in [0, 0.1) is 0 Å². The summed E-state index contributed by atoms with van der Waals surface area (Å²) in [5.74, 6) is 0. The minimum Gasteiger partial charge on any atom is -0.444 e. The molecule has 0 aromatic heterocycles. The molecule has 0 spiro atoms. The number of rotatable bonds is 3. The number of hydrogen-bond acceptors (Lipinski definition) is 4. The first-order valence-electron chi connectivity index (χ1n) is 6.14. The second kappa shape index (κ2) is 6.21. The van der Waals surface area contributed by atoms with Crippen LogP contribution >= 0.6 is 0 Å². The van der Waals surface area contributed by atoms with E-state index in [-0.39, 0.29) is 12.1 Å². The number of hydrogen-bond donors (Lipinski definition) is 2. The molecular weight excluding hydrogens is 220 g/mol. The highest BCUT2D eigenvalue weighted by atomic mass is 16.6. The fraction of sp³-hybridized carbons (Fsp3) is 0.917. The standard InChI is InChI=1S/C12H24N2O3/c1-12(2,3)17-11(15)14-8-9-7-10(16-4)5-6-13-9/h9-10,13H,5-8H2,1-4H3,(H,14,15)/t9-,10-/m0/s1. The number of nitrogens with one attached hydrogen (secondary N) is 2. The van der Waals surface area contributed by atoms with Crippen LogP contribution in [-0.4, -0.2) is 44.0 Å². The van der Waals surface area contributed by atoms with Gasteiger partial charge < -0.3 is 20.1 Å². The molecule has 1 heterocycles. The third-order valence-electron chi connectivity index (χ3n) is 2.67. The van der Waals surface area contributed by atoms with Crippen LogP contribution in [-0.2, 0) is 9.47 Å². The molecule has 0 aliphatic carbocycles. The number of amides is 1. The van der Waals surface area contributed by atoms with Crippen molar-refractivity contribution in [2.45, 2.75) is 51.4 Å². The summed E-state index contributed by atoms with van der Waals surface area (Å²) in [4.78, 5) is 11.5. The van der Waals surface area contributed by atoms with E-state index in [0.29, 0.717) is 12.6 Å². The fourth-order valence-electron chi connectivity index (χ4n) is 1.86. The van der Waals surface area contributed by atoms with Crippen molar-refractivity contribution in [1.82, 2.24) is 10.6 Å². The highest BCUT2D eigenvalue weighted by Gasteiger charge is 2.22. The first kappa shape index (κ1) is 14.3. The van der Waals surface area contributed by atoms with Gasteiger partial charge >= 0.3 is 6.09 Å². The number of piperidine rings is 1. The van der Waals surface area contributed by atoms with Crippen molar-refractivity contribution in [2.24, 2.45) is 0 Å². The van der Waals surface area contributed by atoms with Gasteiger partial charge in [-0.05, 0) is 40.2 Å². The summed E-state index contributed by atoms with van der Waals surface area (Å²) in [7, 11) is 1.73. The average Bonchev–Trinajstić information content (AvgIpc) is 2.24. The van der Waals surface area contributed by atoms with Gasteiger partial charge in [-0.2, -0.15) is 0 Å². The highest BCUT2D eigenvalue weighted by molar-refractivity contribution is 5.67. The maximum absolute atomic E-state index is 11.5. The van der Waals surface area contributed by atoms with Crippen LogP contribution in [0.5, 0.6) is 0 Å². The van der Waals surface area contributed by atoms with Crippen LogP contribution in [0.3, 0.4) is 0 Å².